The highest BCUT2D eigenvalue weighted by Crippen LogP contribution is 2.25. The van der Waals surface area contributed by atoms with Crippen LogP contribution in [0, 0.1) is 11.6 Å². The van der Waals surface area contributed by atoms with Crippen molar-refractivity contribution < 1.29 is 23.1 Å². The predicted octanol–water partition coefficient (Wildman–Crippen LogP) is 4.61. The van der Waals surface area contributed by atoms with Gasteiger partial charge in [-0.05, 0) is 43.3 Å². The fourth-order valence-corrected chi connectivity index (χ4v) is 2.31. The molecule has 0 atom stereocenters. The summed E-state index contributed by atoms with van der Waals surface area (Å²) in [5.41, 5.74) is 0.747. The van der Waals surface area contributed by atoms with Crippen molar-refractivity contribution in [1.82, 2.24) is 4.98 Å². The molecule has 27 heavy (non-hydrogen) atoms. The Morgan fingerprint density at radius 2 is 1.78 bits per heavy atom. The maximum atomic E-state index is 13.2. The monoisotopic (exact) mass is 368 g/mol. The van der Waals surface area contributed by atoms with Crippen LogP contribution in [0.3, 0.4) is 0 Å². The van der Waals surface area contributed by atoms with Crippen molar-refractivity contribution in [2.75, 3.05) is 5.32 Å². The minimum absolute atomic E-state index is 0.0235. The zero-order chi connectivity index (χ0) is 19.4. The van der Waals surface area contributed by atoms with Gasteiger partial charge in [0.25, 0.3) is 5.91 Å². The van der Waals surface area contributed by atoms with Crippen molar-refractivity contribution in [2.24, 2.45) is 0 Å². The number of ketones is 1. The Morgan fingerprint density at radius 1 is 1.00 bits per heavy atom. The van der Waals surface area contributed by atoms with Gasteiger partial charge in [-0.15, -0.1) is 0 Å². The number of pyridine rings is 1. The molecule has 7 heteroatoms. The summed E-state index contributed by atoms with van der Waals surface area (Å²) in [5.74, 6) is -2.27. The summed E-state index contributed by atoms with van der Waals surface area (Å²) in [6, 6.07) is 12.7. The maximum Gasteiger partial charge on any atom is 0.255 e. The van der Waals surface area contributed by atoms with E-state index in [1.807, 2.05) is 0 Å². The molecular weight excluding hydrogens is 354 g/mol. The number of anilines is 1. The van der Waals surface area contributed by atoms with E-state index in [0.29, 0.717) is 17.0 Å². The quantitative estimate of drug-likeness (QED) is 0.668. The van der Waals surface area contributed by atoms with E-state index in [-0.39, 0.29) is 17.2 Å². The Balaban J connectivity index is 1.71. The number of hydrogen-bond donors (Lipinski definition) is 1. The molecule has 0 bridgehead atoms. The molecule has 5 nitrogen and oxygen atoms in total. The third-order valence-corrected chi connectivity index (χ3v) is 3.66. The number of ether oxygens (including phenoxy) is 1. The Hall–Kier alpha value is -3.61. The van der Waals surface area contributed by atoms with Gasteiger partial charge in [-0.1, -0.05) is 12.1 Å². The van der Waals surface area contributed by atoms with Crippen molar-refractivity contribution in [3.8, 4) is 11.6 Å². The molecule has 3 rings (SSSR count). The third kappa shape index (κ3) is 4.33. The Morgan fingerprint density at radius 3 is 2.44 bits per heavy atom. The number of amides is 1. The van der Waals surface area contributed by atoms with E-state index in [9.17, 15) is 18.4 Å². The summed E-state index contributed by atoms with van der Waals surface area (Å²) < 4.78 is 31.8. The van der Waals surface area contributed by atoms with Crippen LogP contribution in [-0.2, 0) is 0 Å². The van der Waals surface area contributed by atoms with Crippen LogP contribution in [0.5, 0.6) is 11.6 Å². The molecule has 1 heterocycles. The van der Waals surface area contributed by atoms with Gasteiger partial charge in [-0.3, -0.25) is 9.59 Å². The van der Waals surface area contributed by atoms with Crippen LogP contribution in [-0.4, -0.2) is 16.7 Å². The normalized spacial score (nSPS) is 10.3. The van der Waals surface area contributed by atoms with E-state index in [1.54, 1.807) is 24.3 Å². The summed E-state index contributed by atoms with van der Waals surface area (Å²) >= 11 is 0. The van der Waals surface area contributed by atoms with E-state index in [1.165, 1.54) is 31.3 Å². The van der Waals surface area contributed by atoms with E-state index < -0.39 is 17.5 Å². The number of Topliss-reactive ketones (excluding diaryl/α,β-unsaturated/α-hetero) is 1. The van der Waals surface area contributed by atoms with Crippen LogP contribution in [0.4, 0.5) is 14.5 Å². The molecule has 1 amide bonds. The minimum atomic E-state index is -1.10. The Kier molecular flexibility index (Phi) is 5.21. The van der Waals surface area contributed by atoms with Gasteiger partial charge in [0, 0.05) is 11.6 Å². The average molecular weight is 368 g/mol. The van der Waals surface area contributed by atoms with Crippen molar-refractivity contribution in [3.05, 3.63) is 83.6 Å². The van der Waals surface area contributed by atoms with Crippen molar-refractivity contribution in [1.29, 1.82) is 0 Å². The van der Waals surface area contributed by atoms with Crippen LogP contribution in [0.25, 0.3) is 0 Å². The molecule has 0 radical (unpaired) electrons. The first kappa shape index (κ1) is 18.2. The lowest BCUT2D eigenvalue weighted by molar-refractivity contribution is 0.101. The highest BCUT2D eigenvalue weighted by molar-refractivity contribution is 6.04. The topological polar surface area (TPSA) is 68.3 Å². The van der Waals surface area contributed by atoms with Crippen LogP contribution in [0.2, 0.25) is 0 Å². The summed E-state index contributed by atoms with van der Waals surface area (Å²) in [6.45, 7) is 1.44. The predicted molar refractivity (Wildman–Crippen MR) is 95.1 cm³/mol. The molecule has 2 aromatic carbocycles. The van der Waals surface area contributed by atoms with E-state index in [0.717, 1.165) is 12.1 Å². The summed E-state index contributed by atoms with van der Waals surface area (Å²) in [6.07, 6.45) is 1.35. The molecule has 1 aromatic heterocycles. The van der Waals surface area contributed by atoms with Gasteiger partial charge in [0.1, 0.15) is 5.75 Å². The SMILES string of the molecule is CC(=O)c1ccccc1Oc1ccc(NC(=O)c2ccc(F)c(F)c2)cn1. The number of carbonyl (C=O) groups is 2. The first-order valence-electron chi connectivity index (χ1n) is 7.94. The highest BCUT2D eigenvalue weighted by atomic mass is 19.2. The zero-order valence-corrected chi connectivity index (χ0v) is 14.2. The number of aromatic nitrogens is 1. The molecule has 136 valence electrons. The fourth-order valence-electron chi connectivity index (χ4n) is 2.31. The lowest BCUT2D eigenvalue weighted by Gasteiger charge is -2.09. The summed E-state index contributed by atoms with van der Waals surface area (Å²) in [5, 5.41) is 2.53. The molecule has 0 saturated carbocycles. The Labute approximate surface area is 153 Å². The second kappa shape index (κ2) is 7.74. The largest absolute Gasteiger partial charge is 0.438 e. The first-order valence-corrected chi connectivity index (χ1v) is 7.94. The summed E-state index contributed by atoms with van der Waals surface area (Å²) in [7, 11) is 0. The Bertz CT molecular complexity index is 1000. The van der Waals surface area contributed by atoms with Gasteiger partial charge < -0.3 is 10.1 Å². The van der Waals surface area contributed by atoms with E-state index in [2.05, 4.69) is 10.3 Å². The second-order valence-corrected chi connectivity index (χ2v) is 5.62. The fraction of sp³-hybridized carbons (Fsp3) is 0.0500. The van der Waals surface area contributed by atoms with E-state index >= 15 is 0 Å². The maximum absolute atomic E-state index is 13.2. The van der Waals surface area contributed by atoms with E-state index in [4.69, 9.17) is 4.74 Å². The number of nitrogens with zero attached hydrogens (tertiary/aromatic N) is 1. The van der Waals surface area contributed by atoms with Crippen LogP contribution >= 0.6 is 0 Å². The molecule has 3 aromatic rings. The summed E-state index contributed by atoms with van der Waals surface area (Å²) in [4.78, 5) is 27.8. The van der Waals surface area contributed by atoms with Crippen molar-refractivity contribution >= 4 is 17.4 Å². The van der Waals surface area contributed by atoms with Crippen LogP contribution in [0.1, 0.15) is 27.6 Å². The number of carbonyl (C=O) groups excluding carboxylic acids is 2. The number of para-hydroxylation sites is 1. The molecule has 0 aliphatic carbocycles. The molecule has 0 spiro atoms. The molecule has 0 fully saturated rings. The highest BCUT2D eigenvalue weighted by Gasteiger charge is 2.11. The number of rotatable bonds is 5. The second-order valence-electron chi connectivity index (χ2n) is 5.62. The smallest absolute Gasteiger partial charge is 0.255 e. The van der Waals surface area contributed by atoms with Gasteiger partial charge >= 0.3 is 0 Å². The molecule has 0 unspecified atom stereocenters. The molecular formula is C20H14F2N2O3. The first-order chi connectivity index (χ1) is 12.9. The molecule has 0 aliphatic heterocycles. The van der Waals surface area contributed by atoms with Crippen LogP contribution in [0.15, 0.2) is 60.8 Å². The van der Waals surface area contributed by atoms with Gasteiger partial charge in [0.2, 0.25) is 5.88 Å². The molecule has 0 aliphatic rings. The average Bonchev–Trinajstić information content (AvgIpc) is 2.65. The van der Waals surface area contributed by atoms with Crippen molar-refractivity contribution in [2.45, 2.75) is 6.92 Å². The van der Waals surface area contributed by atoms with Gasteiger partial charge in [-0.25, -0.2) is 13.8 Å². The molecule has 0 saturated heterocycles. The number of nitrogens with one attached hydrogen (secondary N) is 1. The lowest BCUT2D eigenvalue weighted by atomic mass is 10.1. The number of hydrogen-bond acceptors (Lipinski definition) is 4. The third-order valence-electron chi connectivity index (χ3n) is 3.66. The van der Waals surface area contributed by atoms with Gasteiger partial charge in [0.15, 0.2) is 17.4 Å². The lowest BCUT2D eigenvalue weighted by Crippen LogP contribution is -2.12. The van der Waals surface area contributed by atoms with Gasteiger partial charge in [0.05, 0.1) is 17.4 Å². The minimum Gasteiger partial charge on any atom is -0.438 e. The standard InChI is InChI=1S/C20H14F2N2O3/c1-12(25)15-4-2-3-5-18(15)27-19-9-7-14(11-23-19)24-20(26)13-6-8-16(21)17(22)10-13/h2-11H,1H3,(H,24,26). The number of halogens is 2. The van der Waals surface area contributed by atoms with Crippen molar-refractivity contribution in [3.63, 3.8) is 0 Å². The van der Waals surface area contributed by atoms with Crippen LogP contribution < -0.4 is 10.1 Å². The zero-order valence-electron chi connectivity index (χ0n) is 14.2. The number of benzene rings is 2. The molecule has 1 N–H and O–H groups in total. The van der Waals surface area contributed by atoms with Gasteiger partial charge in [-0.2, -0.15) is 0 Å².